The molecule has 1 unspecified atom stereocenters. The van der Waals surface area contributed by atoms with E-state index in [9.17, 15) is 14.4 Å². The Labute approximate surface area is 251 Å². The Morgan fingerprint density at radius 2 is 1.43 bits per heavy atom. The summed E-state index contributed by atoms with van der Waals surface area (Å²) in [4.78, 5) is 43.3. The van der Waals surface area contributed by atoms with Gasteiger partial charge >= 0.3 is 0 Å². The van der Waals surface area contributed by atoms with Gasteiger partial charge in [-0.05, 0) is 104 Å². The highest BCUT2D eigenvalue weighted by Crippen LogP contribution is 2.42. The van der Waals surface area contributed by atoms with Crippen molar-refractivity contribution in [3.8, 4) is 6.07 Å². The van der Waals surface area contributed by atoms with Gasteiger partial charge in [-0.25, -0.2) is 0 Å². The van der Waals surface area contributed by atoms with Crippen molar-refractivity contribution in [1.29, 1.82) is 5.26 Å². The number of rotatable bonds is 4. The minimum atomic E-state index is -0.207. The number of halogens is 1. The molecule has 3 amide bonds. The van der Waals surface area contributed by atoms with Crippen molar-refractivity contribution in [3.05, 3.63) is 105 Å². The van der Waals surface area contributed by atoms with Gasteiger partial charge in [0.15, 0.2) is 0 Å². The van der Waals surface area contributed by atoms with E-state index in [1.54, 1.807) is 48.5 Å². The molecule has 6 rings (SSSR count). The van der Waals surface area contributed by atoms with E-state index >= 15 is 0 Å². The molecular weight excluding hydrogens is 548 g/mol. The number of hydrogen-bond donors (Lipinski definition) is 1. The molecule has 2 fully saturated rings. The first-order valence-corrected chi connectivity index (χ1v) is 15.0. The highest BCUT2D eigenvalue weighted by Gasteiger charge is 2.40. The summed E-state index contributed by atoms with van der Waals surface area (Å²) >= 11 is 6.23. The Bertz CT molecular complexity index is 1560. The number of aryl methyl sites for hydroxylation is 1. The molecule has 7 nitrogen and oxygen atoms in total. The summed E-state index contributed by atoms with van der Waals surface area (Å²) in [6.07, 6.45) is 5.37. The van der Waals surface area contributed by atoms with Crippen LogP contribution >= 0.6 is 11.6 Å². The van der Waals surface area contributed by atoms with Crippen molar-refractivity contribution in [3.63, 3.8) is 0 Å². The maximum Gasteiger partial charge on any atom is 0.253 e. The van der Waals surface area contributed by atoms with E-state index in [4.69, 9.17) is 16.9 Å². The van der Waals surface area contributed by atoms with E-state index < -0.39 is 0 Å². The number of carbonyl (C=O) groups excluding carboxylic acids is 3. The fourth-order valence-corrected chi connectivity index (χ4v) is 6.91. The van der Waals surface area contributed by atoms with Crippen molar-refractivity contribution in [2.24, 2.45) is 5.41 Å². The number of nitriles is 1. The van der Waals surface area contributed by atoms with Crippen LogP contribution in [0.2, 0.25) is 5.02 Å². The molecular formula is C34H33ClN4O3. The molecule has 0 bridgehead atoms. The molecule has 42 heavy (non-hydrogen) atoms. The minimum absolute atomic E-state index is 0.0138. The maximum atomic E-state index is 13.6. The summed E-state index contributed by atoms with van der Waals surface area (Å²) in [7, 11) is 0. The lowest BCUT2D eigenvalue weighted by atomic mass is 9.71. The highest BCUT2D eigenvalue weighted by atomic mass is 35.5. The number of nitrogens with zero attached hydrogens (tertiary/aromatic N) is 3. The van der Waals surface area contributed by atoms with E-state index in [-0.39, 0.29) is 29.2 Å². The van der Waals surface area contributed by atoms with Crippen LogP contribution in [-0.2, 0) is 6.42 Å². The molecule has 2 heterocycles. The second kappa shape index (κ2) is 11.6. The first-order chi connectivity index (χ1) is 20.4. The average Bonchev–Trinajstić information content (AvgIpc) is 3.43. The Morgan fingerprint density at radius 1 is 0.833 bits per heavy atom. The number of hydrogen-bond acceptors (Lipinski definition) is 4. The Hall–Kier alpha value is -4.15. The fourth-order valence-electron chi connectivity index (χ4n) is 6.69. The van der Waals surface area contributed by atoms with Crippen LogP contribution in [-0.4, -0.2) is 53.7 Å². The van der Waals surface area contributed by atoms with Gasteiger partial charge < -0.3 is 15.1 Å². The number of carbonyl (C=O) groups is 3. The van der Waals surface area contributed by atoms with Crippen LogP contribution in [0.25, 0.3) is 0 Å². The van der Waals surface area contributed by atoms with Crippen LogP contribution in [0.4, 0.5) is 0 Å². The van der Waals surface area contributed by atoms with Crippen molar-refractivity contribution in [2.45, 2.75) is 44.6 Å². The van der Waals surface area contributed by atoms with Crippen LogP contribution in [0.15, 0.2) is 66.7 Å². The monoisotopic (exact) mass is 580 g/mol. The molecule has 2 saturated heterocycles. The smallest absolute Gasteiger partial charge is 0.253 e. The van der Waals surface area contributed by atoms with E-state index in [1.165, 1.54) is 0 Å². The molecule has 1 N–H and O–H groups in total. The second-order valence-electron chi connectivity index (χ2n) is 11.7. The summed E-state index contributed by atoms with van der Waals surface area (Å²) in [6.45, 7) is 2.82. The zero-order valence-corrected chi connectivity index (χ0v) is 24.2. The Balaban J connectivity index is 1.05. The first kappa shape index (κ1) is 28.0. The van der Waals surface area contributed by atoms with Crippen LogP contribution in [0.1, 0.15) is 85.9 Å². The van der Waals surface area contributed by atoms with E-state index in [0.717, 1.165) is 49.7 Å². The zero-order valence-electron chi connectivity index (χ0n) is 23.4. The maximum absolute atomic E-state index is 13.6. The summed E-state index contributed by atoms with van der Waals surface area (Å²) in [5.41, 5.74) is 4.60. The van der Waals surface area contributed by atoms with Crippen LogP contribution in [0.3, 0.4) is 0 Å². The summed E-state index contributed by atoms with van der Waals surface area (Å²) < 4.78 is 0. The molecule has 1 spiro atoms. The third kappa shape index (κ3) is 5.52. The van der Waals surface area contributed by atoms with Gasteiger partial charge in [-0.3, -0.25) is 14.4 Å². The van der Waals surface area contributed by atoms with Gasteiger partial charge in [0.05, 0.1) is 28.3 Å². The Kier molecular flexibility index (Phi) is 7.74. The van der Waals surface area contributed by atoms with Crippen LogP contribution in [0.5, 0.6) is 0 Å². The minimum Gasteiger partial charge on any atom is -0.345 e. The first-order valence-electron chi connectivity index (χ1n) is 14.6. The molecule has 3 aromatic rings. The molecule has 8 heteroatoms. The fraction of sp³-hybridized carbons (Fsp3) is 0.353. The molecule has 3 aromatic carbocycles. The number of benzene rings is 3. The SMILES string of the molecule is N#Cc1ccc(C(=O)N2CCC3(CC2)CCN(C(=O)c2ccc4c(c2)C(NC(=O)c2ccccc2Cl)CC4)CC3)cc1. The Morgan fingerprint density at radius 3 is 2.05 bits per heavy atom. The predicted molar refractivity (Wildman–Crippen MR) is 160 cm³/mol. The third-order valence-corrected chi connectivity index (χ3v) is 9.71. The van der Waals surface area contributed by atoms with E-state index in [0.29, 0.717) is 53.5 Å². The number of nitrogens with one attached hydrogen (secondary N) is 1. The second-order valence-corrected chi connectivity index (χ2v) is 12.1. The largest absolute Gasteiger partial charge is 0.345 e. The van der Waals surface area contributed by atoms with Gasteiger partial charge in [-0.15, -0.1) is 0 Å². The van der Waals surface area contributed by atoms with Gasteiger partial charge in [0.25, 0.3) is 17.7 Å². The van der Waals surface area contributed by atoms with E-state index in [1.807, 2.05) is 28.0 Å². The zero-order chi connectivity index (χ0) is 29.3. The lowest BCUT2D eigenvalue weighted by Gasteiger charge is -2.47. The number of fused-ring (bicyclic) bond motifs is 1. The molecule has 0 aromatic heterocycles. The molecule has 2 aliphatic heterocycles. The van der Waals surface area contributed by atoms with Gasteiger partial charge in [0.2, 0.25) is 0 Å². The molecule has 0 radical (unpaired) electrons. The van der Waals surface area contributed by atoms with Gasteiger partial charge in [0, 0.05) is 37.3 Å². The molecule has 214 valence electrons. The van der Waals surface area contributed by atoms with Crippen LogP contribution in [0, 0.1) is 16.7 Å². The van der Waals surface area contributed by atoms with Gasteiger partial charge in [0.1, 0.15) is 0 Å². The molecule has 0 saturated carbocycles. The van der Waals surface area contributed by atoms with Crippen molar-refractivity contribution < 1.29 is 14.4 Å². The standard InChI is InChI=1S/C34H33ClN4O3/c35-29-4-2-1-3-27(29)31(40)37-30-12-11-24-9-10-26(21-28(24)30)33(42)39-19-15-34(16-20-39)13-17-38(18-14-34)32(41)25-7-5-23(22-36)6-8-25/h1-10,21,30H,11-20H2,(H,37,40). The van der Waals surface area contributed by atoms with Gasteiger partial charge in [-0.2, -0.15) is 5.26 Å². The quantitative estimate of drug-likeness (QED) is 0.423. The summed E-state index contributed by atoms with van der Waals surface area (Å²) in [6, 6.07) is 21.7. The van der Waals surface area contributed by atoms with E-state index in [2.05, 4.69) is 11.4 Å². The number of piperidine rings is 2. The molecule has 3 aliphatic rings. The number of amides is 3. The normalized spacial score (nSPS) is 19.2. The molecule has 1 aliphatic carbocycles. The highest BCUT2D eigenvalue weighted by molar-refractivity contribution is 6.33. The van der Waals surface area contributed by atoms with Crippen molar-refractivity contribution in [1.82, 2.24) is 15.1 Å². The summed E-state index contributed by atoms with van der Waals surface area (Å²) in [5.74, 6) is -0.162. The number of likely N-dealkylation sites (tertiary alicyclic amines) is 2. The van der Waals surface area contributed by atoms with Gasteiger partial charge in [-0.1, -0.05) is 29.8 Å². The van der Waals surface area contributed by atoms with Crippen LogP contribution < -0.4 is 5.32 Å². The van der Waals surface area contributed by atoms with Crippen molar-refractivity contribution in [2.75, 3.05) is 26.2 Å². The van der Waals surface area contributed by atoms with Crippen molar-refractivity contribution >= 4 is 29.3 Å². The predicted octanol–water partition coefficient (Wildman–Crippen LogP) is 5.79. The lowest BCUT2D eigenvalue weighted by Crippen LogP contribution is -2.49. The third-order valence-electron chi connectivity index (χ3n) is 9.38. The summed E-state index contributed by atoms with van der Waals surface area (Å²) in [5, 5.41) is 12.5. The molecule has 1 atom stereocenters. The average molecular weight is 581 g/mol. The topological polar surface area (TPSA) is 93.5 Å². The lowest BCUT2D eigenvalue weighted by molar-refractivity contribution is 0.0280.